The summed E-state index contributed by atoms with van der Waals surface area (Å²) in [5, 5.41) is 2.97. The highest BCUT2D eigenvalue weighted by molar-refractivity contribution is 5.84. The van der Waals surface area contributed by atoms with Gasteiger partial charge in [-0.3, -0.25) is 4.79 Å². The van der Waals surface area contributed by atoms with Crippen LogP contribution in [0.1, 0.15) is 47.0 Å². The average molecular weight is 269 g/mol. The van der Waals surface area contributed by atoms with Crippen LogP contribution in [0.25, 0.3) is 0 Å². The Hall–Kier alpha value is -0.610. The highest BCUT2D eigenvalue weighted by Crippen LogP contribution is 2.17. The first-order valence-electron chi connectivity index (χ1n) is 7.58. The molecule has 112 valence electrons. The summed E-state index contributed by atoms with van der Waals surface area (Å²) < 4.78 is 0. The Morgan fingerprint density at radius 1 is 1.37 bits per heavy atom. The molecule has 0 unspecified atom stereocenters. The SMILES string of the molecule is CC(C)CCN1CCC(CNC(=O)C(C)(C)N)CC1. The second-order valence-corrected chi connectivity index (χ2v) is 6.90. The number of piperidine rings is 1. The van der Waals surface area contributed by atoms with Crippen molar-refractivity contribution in [3.63, 3.8) is 0 Å². The molecule has 1 rings (SSSR count). The van der Waals surface area contributed by atoms with Gasteiger partial charge in [-0.25, -0.2) is 0 Å². The van der Waals surface area contributed by atoms with Crippen molar-refractivity contribution in [3.8, 4) is 0 Å². The van der Waals surface area contributed by atoms with Gasteiger partial charge in [-0.1, -0.05) is 13.8 Å². The maximum Gasteiger partial charge on any atom is 0.239 e. The van der Waals surface area contributed by atoms with Crippen molar-refractivity contribution < 1.29 is 4.79 Å². The summed E-state index contributed by atoms with van der Waals surface area (Å²) >= 11 is 0. The third-order valence-electron chi connectivity index (χ3n) is 3.87. The van der Waals surface area contributed by atoms with Crippen molar-refractivity contribution in [1.29, 1.82) is 0 Å². The summed E-state index contributed by atoms with van der Waals surface area (Å²) in [6.45, 7) is 12.4. The smallest absolute Gasteiger partial charge is 0.239 e. The molecular weight excluding hydrogens is 238 g/mol. The first kappa shape index (κ1) is 16.4. The molecule has 1 aliphatic heterocycles. The molecule has 0 aromatic carbocycles. The van der Waals surface area contributed by atoms with E-state index in [-0.39, 0.29) is 5.91 Å². The van der Waals surface area contributed by atoms with Crippen LogP contribution in [0.15, 0.2) is 0 Å². The molecule has 0 aromatic heterocycles. The fourth-order valence-electron chi connectivity index (χ4n) is 2.32. The van der Waals surface area contributed by atoms with Gasteiger partial charge in [-0.05, 0) is 64.6 Å². The van der Waals surface area contributed by atoms with Gasteiger partial charge in [0.15, 0.2) is 0 Å². The number of carbonyl (C=O) groups is 1. The first-order valence-corrected chi connectivity index (χ1v) is 7.58. The molecule has 0 spiro atoms. The lowest BCUT2D eigenvalue weighted by atomic mass is 9.95. The zero-order valence-corrected chi connectivity index (χ0v) is 13.0. The zero-order chi connectivity index (χ0) is 14.5. The average Bonchev–Trinajstić information content (AvgIpc) is 2.33. The standard InChI is InChI=1S/C15H31N3O/c1-12(2)5-8-18-9-6-13(7-10-18)11-17-14(19)15(3,4)16/h12-13H,5-11,16H2,1-4H3,(H,17,19). The largest absolute Gasteiger partial charge is 0.354 e. The Kier molecular flexibility index (Phi) is 6.27. The van der Waals surface area contributed by atoms with Crippen LogP contribution in [-0.4, -0.2) is 42.5 Å². The van der Waals surface area contributed by atoms with E-state index >= 15 is 0 Å². The molecule has 0 aromatic rings. The summed E-state index contributed by atoms with van der Waals surface area (Å²) in [6, 6.07) is 0. The number of carbonyl (C=O) groups excluding carboxylic acids is 1. The molecule has 0 radical (unpaired) electrons. The molecule has 0 aliphatic carbocycles. The predicted octanol–water partition coefficient (Wildman–Crippen LogP) is 1.60. The Labute approximate surface area is 118 Å². The van der Waals surface area contributed by atoms with E-state index in [0.29, 0.717) is 5.92 Å². The lowest BCUT2D eigenvalue weighted by Crippen LogP contribution is -2.50. The number of rotatable bonds is 6. The van der Waals surface area contributed by atoms with Crippen LogP contribution in [0.5, 0.6) is 0 Å². The second-order valence-electron chi connectivity index (χ2n) is 6.90. The lowest BCUT2D eigenvalue weighted by molar-refractivity contribution is -0.125. The van der Waals surface area contributed by atoms with Gasteiger partial charge >= 0.3 is 0 Å². The number of likely N-dealkylation sites (tertiary alicyclic amines) is 1. The van der Waals surface area contributed by atoms with Crippen LogP contribution in [0.2, 0.25) is 0 Å². The monoisotopic (exact) mass is 269 g/mol. The van der Waals surface area contributed by atoms with Crippen molar-refractivity contribution in [2.45, 2.75) is 52.5 Å². The number of amides is 1. The highest BCUT2D eigenvalue weighted by Gasteiger charge is 2.24. The summed E-state index contributed by atoms with van der Waals surface area (Å²) in [5.41, 5.74) is 5.00. The molecule has 1 saturated heterocycles. The van der Waals surface area contributed by atoms with Crippen LogP contribution in [0.4, 0.5) is 0 Å². The molecule has 0 atom stereocenters. The van der Waals surface area contributed by atoms with Crippen LogP contribution >= 0.6 is 0 Å². The predicted molar refractivity (Wildman–Crippen MR) is 79.9 cm³/mol. The second kappa shape index (κ2) is 7.25. The minimum atomic E-state index is -0.766. The van der Waals surface area contributed by atoms with Crippen molar-refractivity contribution in [3.05, 3.63) is 0 Å². The minimum Gasteiger partial charge on any atom is -0.354 e. The van der Waals surface area contributed by atoms with Gasteiger partial charge in [-0.2, -0.15) is 0 Å². The Balaban J connectivity index is 2.18. The highest BCUT2D eigenvalue weighted by atomic mass is 16.2. The fraction of sp³-hybridized carbons (Fsp3) is 0.933. The fourth-order valence-corrected chi connectivity index (χ4v) is 2.32. The summed E-state index contributed by atoms with van der Waals surface area (Å²) in [7, 11) is 0. The molecule has 3 N–H and O–H groups in total. The van der Waals surface area contributed by atoms with Crippen LogP contribution < -0.4 is 11.1 Å². The van der Waals surface area contributed by atoms with Crippen molar-refractivity contribution in [2.75, 3.05) is 26.2 Å². The molecule has 4 heteroatoms. The summed E-state index contributed by atoms with van der Waals surface area (Å²) in [4.78, 5) is 14.2. The number of hydrogen-bond acceptors (Lipinski definition) is 3. The van der Waals surface area contributed by atoms with E-state index in [9.17, 15) is 4.79 Å². The maximum atomic E-state index is 11.7. The Morgan fingerprint density at radius 3 is 2.42 bits per heavy atom. The van der Waals surface area contributed by atoms with Crippen molar-refractivity contribution in [1.82, 2.24) is 10.2 Å². The Morgan fingerprint density at radius 2 is 1.95 bits per heavy atom. The molecule has 1 amide bonds. The van der Waals surface area contributed by atoms with Gasteiger partial charge in [0.1, 0.15) is 0 Å². The molecule has 19 heavy (non-hydrogen) atoms. The van der Waals surface area contributed by atoms with Gasteiger partial charge in [0, 0.05) is 6.54 Å². The van der Waals surface area contributed by atoms with Gasteiger partial charge in [0.25, 0.3) is 0 Å². The van der Waals surface area contributed by atoms with E-state index < -0.39 is 5.54 Å². The van der Waals surface area contributed by atoms with Crippen molar-refractivity contribution in [2.24, 2.45) is 17.6 Å². The molecule has 4 nitrogen and oxygen atoms in total. The van der Waals surface area contributed by atoms with Gasteiger partial charge in [0.05, 0.1) is 5.54 Å². The van der Waals surface area contributed by atoms with Gasteiger partial charge in [-0.15, -0.1) is 0 Å². The maximum absolute atomic E-state index is 11.7. The molecule has 1 aliphatic rings. The molecule has 0 bridgehead atoms. The third-order valence-corrected chi connectivity index (χ3v) is 3.87. The van der Waals surface area contributed by atoms with Crippen molar-refractivity contribution >= 4 is 5.91 Å². The summed E-state index contributed by atoms with van der Waals surface area (Å²) in [5.74, 6) is 1.35. The number of hydrogen-bond donors (Lipinski definition) is 2. The number of nitrogens with two attached hydrogens (primary N) is 1. The third kappa shape index (κ3) is 6.39. The molecular formula is C15H31N3O. The normalized spacial score (nSPS) is 18.8. The van der Waals surface area contributed by atoms with Gasteiger partial charge < -0.3 is 16.0 Å². The van der Waals surface area contributed by atoms with E-state index in [1.807, 2.05) is 0 Å². The van der Waals surface area contributed by atoms with E-state index in [1.54, 1.807) is 13.8 Å². The number of nitrogens with one attached hydrogen (secondary N) is 1. The van der Waals surface area contributed by atoms with E-state index in [2.05, 4.69) is 24.1 Å². The zero-order valence-electron chi connectivity index (χ0n) is 13.0. The van der Waals surface area contributed by atoms with E-state index in [0.717, 1.165) is 12.5 Å². The number of nitrogens with zero attached hydrogens (tertiary/aromatic N) is 1. The Bertz CT molecular complexity index is 276. The van der Waals surface area contributed by atoms with Gasteiger partial charge in [0.2, 0.25) is 5.91 Å². The van der Waals surface area contributed by atoms with E-state index in [1.165, 1.54) is 38.9 Å². The van der Waals surface area contributed by atoms with Crippen LogP contribution in [0, 0.1) is 11.8 Å². The van der Waals surface area contributed by atoms with Crippen LogP contribution in [0.3, 0.4) is 0 Å². The quantitative estimate of drug-likeness (QED) is 0.770. The van der Waals surface area contributed by atoms with Crippen LogP contribution in [-0.2, 0) is 4.79 Å². The van der Waals surface area contributed by atoms with E-state index in [4.69, 9.17) is 5.73 Å². The lowest BCUT2D eigenvalue weighted by Gasteiger charge is -2.32. The molecule has 1 heterocycles. The molecule has 1 fully saturated rings. The topological polar surface area (TPSA) is 58.4 Å². The molecule has 0 saturated carbocycles. The summed E-state index contributed by atoms with van der Waals surface area (Å²) in [6.07, 6.45) is 3.65. The first-order chi connectivity index (χ1) is 8.79. The minimum absolute atomic E-state index is 0.0465.